The Hall–Kier alpha value is -3.28. The maximum atomic E-state index is 13.3. The molecule has 3 amide bonds. The standard InChI is InChI=1S/C26H36N4O7/c1-16-6-8-18(9-7-16)11-19(12-26(3)15-36-26)27-24(32)21(13-34-4)29-25(33)22(14-35-5)28-23(31)20-10-17(2)37-30-20/h6-10,19,21-22H,11-15H2,1-5H3,(H,27,32)(H,28,31)(H,29,33)/t19?,21-,22?,26?/m0/s1. The van der Waals surface area contributed by atoms with Gasteiger partial charge in [-0.05, 0) is 39.2 Å². The molecule has 202 valence electrons. The number of hydrogen-bond acceptors (Lipinski definition) is 8. The molecule has 3 rings (SSSR count). The zero-order valence-corrected chi connectivity index (χ0v) is 22.0. The number of ether oxygens (including phenoxy) is 3. The fourth-order valence-electron chi connectivity index (χ4n) is 3.92. The highest BCUT2D eigenvalue weighted by molar-refractivity contribution is 5.97. The number of amides is 3. The molecule has 0 bridgehead atoms. The van der Waals surface area contributed by atoms with Crippen molar-refractivity contribution in [1.29, 1.82) is 0 Å². The van der Waals surface area contributed by atoms with Crippen LogP contribution in [0.1, 0.15) is 40.7 Å². The van der Waals surface area contributed by atoms with Gasteiger partial charge >= 0.3 is 0 Å². The Morgan fingerprint density at radius 3 is 2.14 bits per heavy atom. The van der Waals surface area contributed by atoms with Crippen molar-refractivity contribution in [3.8, 4) is 0 Å². The van der Waals surface area contributed by atoms with E-state index in [1.807, 2.05) is 38.1 Å². The lowest BCUT2D eigenvalue weighted by Crippen LogP contribution is -2.57. The molecule has 0 radical (unpaired) electrons. The average molecular weight is 517 g/mol. The van der Waals surface area contributed by atoms with E-state index in [9.17, 15) is 14.4 Å². The molecule has 1 aliphatic rings. The van der Waals surface area contributed by atoms with Crippen LogP contribution in [0.25, 0.3) is 0 Å². The summed E-state index contributed by atoms with van der Waals surface area (Å²) in [6, 6.07) is 7.31. The highest BCUT2D eigenvalue weighted by atomic mass is 16.6. The van der Waals surface area contributed by atoms with Gasteiger partial charge in [-0.3, -0.25) is 14.4 Å². The summed E-state index contributed by atoms with van der Waals surface area (Å²) in [6.07, 6.45) is 1.23. The molecule has 2 heterocycles. The maximum absolute atomic E-state index is 13.3. The van der Waals surface area contributed by atoms with Gasteiger partial charge < -0.3 is 34.7 Å². The lowest BCUT2D eigenvalue weighted by atomic mass is 9.95. The van der Waals surface area contributed by atoms with E-state index >= 15 is 0 Å². The zero-order chi connectivity index (χ0) is 27.0. The van der Waals surface area contributed by atoms with E-state index in [1.54, 1.807) is 6.92 Å². The molecule has 1 aromatic heterocycles. The summed E-state index contributed by atoms with van der Waals surface area (Å²) in [6.45, 7) is 6.14. The zero-order valence-electron chi connectivity index (χ0n) is 22.0. The second-order valence-electron chi connectivity index (χ2n) is 9.66. The van der Waals surface area contributed by atoms with Gasteiger partial charge in [0.05, 0.1) is 25.4 Å². The number of aryl methyl sites for hydroxylation is 2. The molecule has 11 heteroatoms. The van der Waals surface area contributed by atoms with Crippen LogP contribution in [0, 0.1) is 13.8 Å². The molecule has 3 unspecified atom stereocenters. The maximum Gasteiger partial charge on any atom is 0.274 e. The summed E-state index contributed by atoms with van der Waals surface area (Å²) in [5.74, 6) is -1.13. The first-order chi connectivity index (χ1) is 17.6. The van der Waals surface area contributed by atoms with E-state index < -0.39 is 29.8 Å². The lowest BCUT2D eigenvalue weighted by Gasteiger charge is -2.26. The van der Waals surface area contributed by atoms with Crippen LogP contribution in [0.15, 0.2) is 34.9 Å². The van der Waals surface area contributed by atoms with Gasteiger partial charge in [-0.25, -0.2) is 0 Å². The van der Waals surface area contributed by atoms with Crippen LogP contribution in [0.2, 0.25) is 0 Å². The van der Waals surface area contributed by atoms with Crippen LogP contribution >= 0.6 is 0 Å². The normalized spacial score (nSPS) is 18.9. The summed E-state index contributed by atoms with van der Waals surface area (Å²) in [7, 11) is 2.85. The number of nitrogens with one attached hydrogen (secondary N) is 3. The van der Waals surface area contributed by atoms with Crippen molar-refractivity contribution in [2.45, 2.75) is 57.3 Å². The molecule has 1 aromatic carbocycles. The predicted octanol–water partition coefficient (Wildman–Crippen LogP) is 1.07. The Kier molecular flexibility index (Phi) is 9.79. The summed E-state index contributed by atoms with van der Waals surface area (Å²) < 4.78 is 20.8. The van der Waals surface area contributed by atoms with Crippen molar-refractivity contribution in [3.05, 3.63) is 52.9 Å². The van der Waals surface area contributed by atoms with Gasteiger partial charge in [0, 0.05) is 26.3 Å². The molecular weight excluding hydrogens is 480 g/mol. The Bertz CT molecular complexity index is 1070. The number of aromatic nitrogens is 1. The minimum Gasteiger partial charge on any atom is -0.382 e. The van der Waals surface area contributed by atoms with Crippen LogP contribution in [0.4, 0.5) is 0 Å². The van der Waals surface area contributed by atoms with Crippen molar-refractivity contribution in [2.75, 3.05) is 34.0 Å². The Morgan fingerprint density at radius 1 is 1.00 bits per heavy atom. The summed E-state index contributed by atoms with van der Waals surface area (Å²) in [4.78, 5) is 38.8. The first-order valence-electron chi connectivity index (χ1n) is 12.1. The minimum absolute atomic E-state index is 0.0346. The summed E-state index contributed by atoms with van der Waals surface area (Å²) in [5.41, 5.74) is 1.99. The molecule has 2 aromatic rings. The largest absolute Gasteiger partial charge is 0.382 e. The fourth-order valence-corrected chi connectivity index (χ4v) is 3.92. The molecule has 0 aliphatic carbocycles. The van der Waals surface area contributed by atoms with Crippen LogP contribution in [-0.4, -0.2) is 80.6 Å². The van der Waals surface area contributed by atoms with Crippen LogP contribution < -0.4 is 16.0 Å². The first kappa shape index (κ1) is 28.3. The number of rotatable bonds is 14. The average Bonchev–Trinajstić information content (AvgIpc) is 3.41. The van der Waals surface area contributed by atoms with Gasteiger partial charge in [0.15, 0.2) is 5.69 Å². The molecule has 0 saturated carbocycles. The molecule has 1 aliphatic heterocycles. The van der Waals surface area contributed by atoms with E-state index in [2.05, 4.69) is 21.1 Å². The third-order valence-corrected chi connectivity index (χ3v) is 6.05. The van der Waals surface area contributed by atoms with Crippen molar-refractivity contribution < 1.29 is 33.1 Å². The third-order valence-electron chi connectivity index (χ3n) is 6.05. The number of epoxide rings is 1. The van der Waals surface area contributed by atoms with E-state index in [4.69, 9.17) is 18.7 Å². The SMILES string of the molecule is COCC(NC(=O)c1cc(C)on1)C(=O)N[C@@H](COC)C(=O)NC(Cc1ccc(C)cc1)CC1(C)CO1. The molecule has 11 nitrogen and oxygen atoms in total. The Balaban J connectivity index is 1.66. The number of carbonyl (C=O) groups excluding carboxylic acids is 3. The van der Waals surface area contributed by atoms with Crippen molar-refractivity contribution >= 4 is 17.7 Å². The molecule has 37 heavy (non-hydrogen) atoms. The van der Waals surface area contributed by atoms with E-state index in [0.717, 1.165) is 11.1 Å². The van der Waals surface area contributed by atoms with Gasteiger partial charge in [-0.1, -0.05) is 35.0 Å². The van der Waals surface area contributed by atoms with E-state index in [1.165, 1.54) is 20.3 Å². The van der Waals surface area contributed by atoms with Gasteiger partial charge in [0.1, 0.15) is 17.8 Å². The quantitative estimate of drug-likeness (QED) is 0.316. The van der Waals surface area contributed by atoms with Gasteiger partial charge in [0.25, 0.3) is 5.91 Å². The predicted molar refractivity (Wildman–Crippen MR) is 134 cm³/mol. The second kappa shape index (κ2) is 12.8. The number of carbonyl (C=O) groups is 3. The Morgan fingerprint density at radius 2 is 1.59 bits per heavy atom. The van der Waals surface area contributed by atoms with Crippen LogP contribution in [0.5, 0.6) is 0 Å². The number of benzene rings is 1. The molecule has 3 N–H and O–H groups in total. The fraction of sp³-hybridized carbons (Fsp3) is 0.538. The van der Waals surface area contributed by atoms with E-state index in [0.29, 0.717) is 25.2 Å². The van der Waals surface area contributed by atoms with Gasteiger partial charge in [-0.15, -0.1) is 0 Å². The van der Waals surface area contributed by atoms with Crippen molar-refractivity contribution in [3.63, 3.8) is 0 Å². The first-order valence-corrected chi connectivity index (χ1v) is 12.1. The summed E-state index contributed by atoms with van der Waals surface area (Å²) >= 11 is 0. The number of nitrogens with zero attached hydrogens (tertiary/aromatic N) is 1. The molecule has 1 saturated heterocycles. The third kappa shape index (κ3) is 8.66. The van der Waals surface area contributed by atoms with Gasteiger partial charge in [-0.2, -0.15) is 0 Å². The molecule has 0 spiro atoms. The summed E-state index contributed by atoms with van der Waals surface area (Å²) in [5, 5.41) is 11.9. The van der Waals surface area contributed by atoms with Crippen molar-refractivity contribution in [1.82, 2.24) is 21.1 Å². The van der Waals surface area contributed by atoms with Crippen LogP contribution in [-0.2, 0) is 30.2 Å². The second-order valence-corrected chi connectivity index (χ2v) is 9.66. The number of hydrogen-bond donors (Lipinski definition) is 3. The Labute approximate surface area is 216 Å². The highest BCUT2D eigenvalue weighted by Crippen LogP contribution is 2.32. The van der Waals surface area contributed by atoms with E-state index in [-0.39, 0.29) is 30.6 Å². The smallest absolute Gasteiger partial charge is 0.274 e. The van der Waals surface area contributed by atoms with Gasteiger partial charge in [0.2, 0.25) is 11.8 Å². The van der Waals surface area contributed by atoms with Crippen molar-refractivity contribution in [2.24, 2.45) is 0 Å². The molecule has 1 fully saturated rings. The topological polar surface area (TPSA) is 144 Å². The molecular formula is C26H36N4O7. The number of methoxy groups -OCH3 is 2. The van der Waals surface area contributed by atoms with Crippen LogP contribution in [0.3, 0.4) is 0 Å². The highest BCUT2D eigenvalue weighted by Gasteiger charge is 2.42. The minimum atomic E-state index is -1.07. The molecule has 4 atom stereocenters. The monoisotopic (exact) mass is 516 g/mol. The lowest BCUT2D eigenvalue weighted by molar-refractivity contribution is -0.132.